The van der Waals surface area contributed by atoms with Gasteiger partial charge in [-0.05, 0) is 54.5 Å². The molecule has 0 spiro atoms. The number of ether oxygens (including phenoxy) is 1. The zero-order valence-corrected chi connectivity index (χ0v) is 20.3. The molecule has 178 valence electrons. The Hall–Kier alpha value is -2.91. The number of halogens is 1. The van der Waals surface area contributed by atoms with Gasteiger partial charge in [0.1, 0.15) is 11.6 Å². The van der Waals surface area contributed by atoms with Crippen LogP contribution in [0.25, 0.3) is 0 Å². The topological polar surface area (TPSA) is 79.5 Å². The van der Waals surface area contributed by atoms with E-state index in [-0.39, 0.29) is 51.5 Å². The fourth-order valence-electron chi connectivity index (χ4n) is 7.13. The minimum atomic E-state index is -0.407. The number of benzene rings is 2. The van der Waals surface area contributed by atoms with Crippen molar-refractivity contribution in [3.8, 4) is 5.75 Å². The third-order valence-corrected chi connectivity index (χ3v) is 10.9. The number of amides is 2. The lowest BCUT2D eigenvalue weighted by atomic mass is 9.68. The first-order chi connectivity index (χ1) is 17.0. The number of H-pyrrole nitrogens is 1. The third-order valence-electron chi connectivity index (χ3n) is 8.28. The first-order valence-corrected chi connectivity index (χ1v) is 13.3. The molecule has 4 aliphatic rings. The van der Waals surface area contributed by atoms with Gasteiger partial charge in [-0.3, -0.25) is 19.3 Å². The van der Waals surface area contributed by atoms with Crippen molar-refractivity contribution in [3.05, 3.63) is 74.5 Å². The van der Waals surface area contributed by atoms with Crippen LogP contribution in [0.4, 0.5) is 10.1 Å². The Bertz CT molecular complexity index is 1430. The average Bonchev–Trinajstić information content (AvgIpc) is 3.59. The number of fused-ring (bicyclic) bond motifs is 9. The highest BCUT2D eigenvalue weighted by atomic mass is 32.2. The number of imide groups is 1. The number of aromatic nitrogens is 1. The van der Waals surface area contributed by atoms with Crippen molar-refractivity contribution in [2.24, 2.45) is 29.6 Å². The Kier molecular flexibility index (Phi) is 4.61. The molecule has 2 aliphatic heterocycles. The second kappa shape index (κ2) is 7.54. The van der Waals surface area contributed by atoms with E-state index in [9.17, 15) is 18.8 Å². The third kappa shape index (κ3) is 2.85. The number of para-hydroxylation sites is 1. The van der Waals surface area contributed by atoms with E-state index in [1.165, 1.54) is 40.5 Å². The molecule has 2 aromatic carbocycles. The zero-order valence-electron chi connectivity index (χ0n) is 18.6. The maximum Gasteiger partial charge on any atom is 0.305 e. The number of thioether (sulfide) groups is 1. The predicted octanol–water partition coefficient (Wildman–Crippen LogP) is 4.26. The van der Waals surface area contributed by atoms with Crippen LogP contribution in [0.1, 0.15) is 22.8 Å². The number of carbonyl (C=O) groups excluding carboxylic acids is 2. The molecule has 3 aromatic rings. The summed E-state index contributed by atoms with van der Waals surface area (Å²) in [6.07, 6.45) is 0.817. The number of nitrogens with one attached hydrogen (secondary N) is 1. The quantitative estimate of drug-likeness (QED) is 0.535. The Morgan fingerprint density at radius 2 is 1.71 bits per heavy atom. The van der Waals surface area contributed by atoms with Gasteiger partial charge in [-0.25, -0.2) is 4.39 Å². The van der Waals surface area contributed by atoms with E-state index in [2.05, 4.69) is 4.98 Å². The van der Waals surface area contributed by atoms with Gasteiger partial charge >= 0.3 is 4.87 Å². The molecule has 1 N–H and O–H groups in total. The predicted molar refractivity (Wildman–Crippen MR) is 130 cm³/mol. The van der Waals surface area contributed by atoms with Crippen LogP contribution in [0.2, 0.25) is 0 Å². The van der Waals surface area contributed by atoms with E-state index in [4.69, 9.17) is 4.74 Å². The van der Waals surface area contributed by atoms with Crippen molar-refractivity contribution in [1.82, 2.24) is 4.98 Å². The van der Waals surface area contributed by atoms with Crippen LogP contribution < -0.4 is 14.5 Å². The van der Waals surface area contributed by atoms with E-state index in [1.54, 1.807) is 18.9 Å². The normalized spacial score (nSPS) is 32.5. The molecule has 3 heterocycles. The second-order valence-corrected chi connectivity index (χ2v) is 11.9. The smallest absolute Gasteiger partial charge is 0.305 e. The molecular weight excluding hydrogens is 487 g/mol. The second-order valence-electron chi connectivity index (χ2n) is 9.69. The lowest BCUT2D eigenvalue weighted by molar-refractivity contribution is -0.123. The van der Waals surface area contributed by atoms with Crippen LogP contribution in [0.5, 0.6) is 5.75 Å². The molecule has 7 rings (SSSR count). The summed E-state index contributed by atoms with van der Waals surface area (Å²) >= 11 is 2.89. The van der Waals surface area contributed by atoms with Gasteiger partial charge in [-0.1, -0.05) is 29.5 Å². The molecule has 6 unspecified atom stereocenters. The minimum absolute atomic E-state index is 0.0182. The SMILES string of the molecule is COc1ccccc1C1c2sc(=O)[nH]c2SC2C3CC(C4C(=O)N(c5ccc(F)cc5)C(=O)C34)[C@@H]12. The highest BCUT2D eigenvalue weighted by Gasteiger charge is 2.69. The summed E-state index contributed by atoms with van der Waals surface area (Å²) in [5.74, 6) is -0.718. The molecule has 9 heteroatoms. The van der Waals surface area contributed by atoms with E-state index < -0.39 is 11.7 Å². The van der Waals surface area contributed by atoms with Crippen molar-refractivity contribution in [1.29, 1.82) is 0 Å². The molecule has 1 aromatic heterocycles. The van der Waals surface area contributed by atoms with Crippen molar-refractivity contribution >= 4 is 40.6 Å². The lowest BCUT2D eigenvalue weighted by Crippen LogP contribution is -2.42. The fraction of sp³-hybridized carbons (Fsp3) is 0.346. The molecule has 2 bridgehead atoms. The van der Waals surface area contributed by atoms with Gasteiger partial charge in [0.05, 0.1) is 29.7 Å². The van der Waals surface area contributed by atoms with E-state index in [0.29, 0.717) is 5.69 Å². The monoisotopic (exact) mass is 508 g/mol. The summed E-state index contributed by atoms with van der Waals surface area (Å²) in [5.41, 5.74) is 1.44. The summed E-state index contributed by atoms with van der Waals surface area (Å²) in [5, 5.41) is 0.979. The van der Waals surface area contributed by atoms with Gasteiger partial charge in [-0.15, -0.1) is 11.8 Å². The van der Waals surface area contributed by atoms with Crippen LogP contribution in [0, 0.1) is 35.4 Å². The van der Waals surface area contributed by atoms with Crippen molar-refractivity contribution < 1.29 is 18.7 Å². The molecular formula is C26H21FN2O4S2. The summed E-state index contributed by atoms with van der Waals surface area (Å²) in [6.45, 7) is 0. The van der Waals surface area contributed by atoms with Crippen LogP contribution in [0.3, 0.4) is 0 Å². The van der Waals surface area contributed by atoms with Crippen LogP contribution >= 0.6 is 23.1 Å². The van der Waals surface area contributed by atoms with Crippen molar-refractivity contribution in [3.63, 3.8) is 0 Å². The Morgan fingerprint density at radius 1 is 1.00 bits per heavy atom. The molecule has 2 amide bonds. The largest absolute Gasteiger partial charge is 0.496 e. The number of anilines is 1. The molecule has 35 heavy (non-hydrogen) atoms. The summed E-state index contributed by atoms with van der Waals surface area (Å²) in [6, 6.07) is 13.4. The lowest BCUT2D eigenvalue weighted by Gasteiger charge is -2.43. The molecule has 7 atom stereocenters. The number of carbonyl (C=O) groups is 2. The van der Waals surface area contributed by atoms with E-state index in [0.717, 1.165) is 27.6 Å². The maximum atomic E-state index is 13.7. The van der Waals surface area contributed by atoms with E-state index >= 15 is 0 Å². The summed E-state index contributed by atoms with van der Waals surface area (Å²) in [7, 11) is 1.64. The molecule has 2 saturated carbocycles. The van der Waals surface area contributed by atoms with Crippen molar-refractivity contribution in [2.75, 3.05) is 12.0 Å². The number of hydrogen-bond donors (Lipinski definition) is 1. The molecule has 0 radical (unpaired) electrons. The van der Waals surface area contributed by atoms with Gasteiger partial charge in [0.25, 0.3) is 0 Å². The molecule has 6 nitrogen and oxygen atoms in total. The van der Waals surface area contributed by atoms with Gasteiger partial charge in [0.15, 0.2) is 0 Å². The number of thiazole rings is 1. The Labute approximate surface area is 208 Å². The first kappa shape index (κ1) is 21.4. The van der Waals surface area contributed by atoms with Crippen LogP contribution in [-0.4, -0.2) is 29.2 Å². The average molecular weight is 509 g/mol. The molecule has 3 fully saturated rings. The number of hydrogen-bond acceptors (Lipinski definition) is 6. The number of aromatic amines is 1. The van der Waals surface area contributed by atoms with Crippen LogP contribution in [0.15, 0.2) is 58.4 Å². The van der Waals surface area contributed by atoms with Crippen molar-refractivity contribution in [2.45, 2.75) is 22.6 Å². The number of methoxy groups -OCH3 is 1. The van der Waals surface area contributed by atoms with Crippen LogP contribution in [-0.2, 0) is 9.59 Å². The molecule has 1 saturated heterocycles. The standard InChI is InChI=1S/C26H21FN2O4S2/c1-33-16-5-3-2-4-13(16)17-18-14-10-15(21(18)34-23-22(17)35-26(32)28-23)20-19(14)24(30)29(25(20)31)12-8-6-11(27)7-9-12/h2-9,14-15,17-21H,10H2,1H3,(H,28,32)/t14?,15?,17?,18-,19?,20?,21?/m0/s1. The van der Waals surface area contributed by atoms with Gasteiger partial charge in [0.2, 0.25) is 11.8 Å². The van der Waals surface area contributed by atoms with Gasteiger partial charge in [-0.2, -0.15) is 0 Å². The highest BCUT2D eigenvalue weighted by molar-refractivity contribution is 8.00. The van der Waals surface area contributed by atoms with Gasteiger partial charge in [0, 0.05) is 21.6 Å². The fourth-order valence-corrected chi connectivity index (χ4v) is 10.0. The first-order valence-electron chi connectivity index (χ1n) is 11.6. The van der Waals surface area contributed by atoms with E-state index in [1.807, 2.05) is 24.3 Å². The summed E-state index contributed by atoms with van der Waals surface area (Å²) < 4.78 is 19.2. The number of nitrogens with zero attached hydrogens (tertiary/aromatic N) is 1. The molecule has 2 aliphatic carbocycles. The Morgan fingerprint density at radius 3 is 2.46 bits per heavy atom. The summed E-state index contributed by atoms with van der Waals surface area (Å²) in [4.78, 5) is 44.8. The Balaban J connectivity index is 1.34. The number of rotatable bonds is 3. The minimum Gasteiger partial charge on any atom is -0.496 e. The van der Waals surface area contributed by atoms with Gasteiger partial charge < -0.3 is 9.72 Å². The highest BCUT2D eigenvalue weighted by Crippen LogP contribution is 2.69. The zero-order chi connectivity index (χ0) is 24.0. The maximum absolute atomic E-state index is 13.7.